The normalized spacial score (nSPS) is 42.4. The Bertz CT molecular complexity index is 344. The largest absolute Gasteiger partial charge is 0.338 e. The third-order valence-corrected chi connectivity index (χ3v) is 4.66. The summed E-state index contributed by atoms with van der Waals surface area (Å²) in [6.07, 6.45) is 1.98. The molecule has 1 amide bonds. The van der Waals surface area contributed by atoms with Gasteiger partial charge in [-0.2, -0.15) is 0 Å². The highest BCUT2D eigenvalue weighted by Gasteiger charge is 2.65. The summed E-state index contributed by atoms with van der Waals surface area (Å²) >= 11 is 0. The Balaban J connectivity index is 2.45. The molecule has 2 heteroatoms. The first-order chi connectivity index (χ1) is 6.33. The highest BCUT2D eigenvalue weighted by atomic mass is 16.2. The summed E-state index contributed by atoms with van der Waals surface area (Å²) in [4.78, 5) is 13.8. The number of likely N-dealkylation sites (tertiary alicyclic amines) is 1. The van der Waals surface area contributed by atoms with Gasteiger partial charge in [-0.25, -0.2) is 0 Å². The van der Waals surface area contributed by atoms with Crippen LogP contribution in [0.25, 0.3) is 0 Å². The van der Waals surface area contributed by atoms with Crippen molar-refractivity contribution in [1.82, 2.24) is 4.90 Å². The van der Waals surface area contributed by atoms with Crippen molar-refractivity contribution in [2.45, 2.75) is 46.1 Å². The van der Waals surface area contributed by atoms with Gasteiger partial charge >= 0.3 is 0 Å². The van der Waals surface area contributed by atoms with E-state index in [1.807, 2.05) is 11.9 Å². The molecule has 0 aromatic heterocycles. The molecule has 0 spiro atoms. The fourth-order valence-electron chi connectivity index (χ4n) is 3.07. The zero-order valence-electron chi connectivity index (χ0n) is 9.77. The summed E-state index contributed by atoms with van der Waals surface area (Å²) in [6.45, 7) is 8.68. The third-order valence-electron chi connectivity index (χ3n) is 4.66. The number of carbonyl (C=O) groups is 1. The fourth-order valence-corrected chi connectivity index (χ4v) is 3.07. The predicted molar refractivity (Wildman–Crippen MR) is 56.9 cm³/mol. The maximum atomic E-state index is 11.9. The number of carbonyl (C=O) groups excluding carboxylic acids is 1. The standard InChI is InChI=1S/C12H19NO/c1-8-6-11(3)10(14)13(5)12(11,4)7-9(8)2/h6-7H2,1-5H3/t11-,12-/m0/s1. The maximum Gasteiger partial charge on any atom is 0.231 e. The summed E-state index contributed by atoms with van der Waals surface area (Å²) in [5, 5.41) is 0. The highest BCUT2D eigenvalue weighted by molar-refractivity contribution is 5.92. The Morgan fingerprint density at radius 2 is 1.64 bits per heavy atom. The number of fused-ring (bicyclic) bond motifs is 1. The predicted octanol–water partition coefficient (Wildman–Crippen LogP) is 2.35. The lowest BCUT2D eigenvalue weighted by molar-refractivity contribution is -0.185. The van der Waals surface area contributed by atoms with Crippen molar-refractivity contribution in [3.63, 3.8) is 0 Å². The molecule has 2 atom stereocenters. The second-order valence-corrected chi connectivity index (χ2v) is 5.38. The van der Waals surface area contributed by atoms with E-state index in [0.29, 0.717) is 5.91 Å². The van der Waals surface area contributed by atoms with Crippen molar-refractivity contribution in [2.75, 3.05) is 7.05 Å². The molecule has 78 valence electrons. The topological polar surface area (TPSA) is 20.3 Å². The number of nitrogens with zero attached hydrogens (tertiary/aromatic N) is 1. The minimum atomic E-state index is -0.134. The van der Waals surface area contributed by atoms with Crippen LogP contribution in [0.15, 0.2) is 11.1 Å². The summed E-state index contributed by atoms with van der Waals surface area (Å²) < 4.78 is 0. The summed E-state index contributed by atoms with van der Waals surface area (Å²) in [5.41, 5.74) is 2.80. The van der Waals surface area contributed by atoms with Gasteiger partial charge in [-0.05, 0) is 40.5 Å². The zero-order valence-corrected chi connectivity index (χ0v) is 9.77. The Kier molecular flexibility index (Phi) is 1.68. The van der Waals surface area contributed by atoms with Gasteiger partial charge in [-0.1, -0.05) is 11.1 Å². The SMILES string of the molecule is CC1=C(C)C[C@]2(C)N(C)C(=O)[C@]2(C)C1. The molecule has 0 saturated carbocycles. The lowest BCUT2D eigenvalue weighted by Crippen LogP contribution is -2.75. The molecule has 1 aliphatic heterocycles. The van der Waals surface area contributed by atoms with Crippen molar-refractivity contribution in [3.05, 3.63) is 11.1 Å². The van der Waals surface area contributed by atoms with Crippen molar-refractivity contribution >= 4 is 5.91 Å². The second-order valence-electron chi connectivity index (χ2n) is 5.38. The van der Waals surface area contributed by atoms with Gasteiger partial charge in [0.25, 0.3) is 0 Å². The second kappa shape index (κ2) is 2.41. The first kappa shape index (κ1) is 9.75. The van der Waals surface area contributed by atoms with Crippen LogP contribution in [-0.4, -0.2) is 23.4 Å². The minimum absolute atomic E-state index is 0.0632. The molecule has 2 rings (SSSR count). The smallest absolute Gasteiger partial charge is 0.231 e. The van der Waals surface area contributed by atoms with Crippen LogP contribution in [0.5, 0.6) is 0 Å². The average Bonchev–Trinajstić information content (AvgIpc) is 2.13. The van der Waals surface area contributed by atoms with Crippen molar-refractivity contribution in [1.29, 1.82) is 0 Å². The Labute approximate surface area is 86.0 Å². The van der Waals surface area contributed by atoms with Crippen LogP contribution in [0.3, 0.4) is 0 Å². The number of β-lactam (4-membered cyclic amide) rings is 1. The van der Waals surface area contributed by atoms with E-state index in [0.717, 1.165) is 12.8 Å². The number of hydrogen-bond donors (Lipinski definition) is 0. The lowest BCUT2D eigenvalue weighted by Gasteiger charge is -2.64. The molecule has 0 radical (unpaired) electrons. The fraction of sp³-hybridized carbons (Fsp3) is 0.750. The van der Waals surface area contributed by atoms with Crippen LogP contribution >= 0.6 is 0 Å². The molecule has 1 saturated heterocycles. The zero-order chi connectivity index (χ0) is 10.7. The van der Waals surface area contributed by atoms with Gasteiger partial charge in [0.15, 0.2) is 0 Å². The van der Waals surface area contributed by atoms with Gasteiger partial charge in [0, 0.05) is 7.05 Å². The molecular weight excluding hydrogens is 174 g/mol. The minimum Gasteiger partial charge on any atom is -0.338 e. The quantitative estimate of drug-likeness (QED) is 0.427. The summed E-state index contributed by atoms with van der Waals surface area (Å²) in [6, 6.07) is 0. The van der Waals surface area contributed by atoms with Gasteiger partial charge in [-0.3, -0.25) is 4.79 Å². The average molecular weight is 193 g/mol. The van der Waals surface area contributed by atoms with E-state index in [-0.39, 0.29) is 11.0 Å². The lowest BCUT2D eigenvalue weighted by atomic mass is 9.54. The van der Waals surface area contributed by atoms with Crippen molar-refractivity contribution in [2.24, 2.45) is 5.41 Å². The number of amides is 1. The van der Waals surface area contributed by atoms with Gasteiger partial charge in [-0.15, -0.1) is 0 Å². The number of rotatable bonds is 0. The molecule has 0 bridgehead atoms. The molecule has 0 unspecified atom stereocenters. The van der Waals surface area contributed by atoms with E-state index in [2.05, 4.69) is 27.7 Å². The van der Waals surface area contributed by atoms with E-state index >= 15 is 0 Å². The molecule has 0 N–H and O–H groups in total. The van der Waals surface area contributed by atoms with Crippen LogP contribution in [0.1, 0.15) is 40.5 Å². The summed E-state index contributed by atoms with van der Waals surface area (Å²) in [7, 11) is 1.93. The molecule has 2 aliphatic rings. The van der Waals surface area contributed by atoms with E-state index in [1.165, 1.54) is 11.1 Å². The van der Waals surface area contributed by atoms with Gasteiger partial charge in [0.2, 0.25) is 5.91 Å². The third kappa shape index (κ3) is 0.800. The van der Waals surface area contributed by atoms with E-state index in [4.69, 9.17) is 0 Å². The van der Waals surface area contributed by atoms with Crippen LogP contribution in [-0.2, 0) is 4.79 Å². The Morgan fingerprint density at radius 1 is 1.14 bits per heavy atom. The van der Waals surface area contributed by atoms with Crippen LogP contribution in [0, 0.1) is 5.41 Å². The maximum absolute atomic E-state index is 11.9. The number of hydrogen-bond acceptors (Lipinski definition) is 1. The molecule has 0 aromatic carbocycles. The van der Waals surface area contributed by atoms with Crippen molar-refractivity contribution < 1.29 is 4.79 Å². The van der Waals surface area contributed by atoms with Crippen molar-refractivity contribution in [3.8, 4) is 0 Å². The summed E-state index contributed by atoms with van der Waals surface area (Å²) in [5.74, 6) is 0.312. The van der Waals surface area contributed by atoms with Gasteiger partial charge in [0.05, 0.1) is 11.0 Å². The van der Waals surface area contributed by atoms with Crippen LogP contribution in [0.4, 0.5) is 0 Å². The van der Waals surface area contributed by atoms with E-state index in [9.17, 15) is 4.79 Å². The Morgan fingerprint density at radius 3 is 2.21 bits per heavy atom. The van der Waals surface area contributed by atoms with E-state index < -0.39 is 0 Å². The molecule has 2 nitrogen and oxygen atoms in total. The van der Waals surface area contributed by atoms with E-state index in [1.54, 1.807) is 0 Å². The highest BCUT2D eigenvalue weighted by Crippen LogP contribution is 2.57. The van der Waals surface area contributed by atoms with Crippen LogP contribution < -0.4 is 0 Å². The molecule has 14 heavy (non-hydrogen) atoms. The van der Waals surface area contributed by atoms with Crippen LogP contribution in [0.2, 0.25) is 0 Å². The molecule has 0 aromatic rings. The molecule has 1 heterocycles. The Hall–Kier alpha value is -0.790. The van der Waals surface area contributed by atoms with Gasteiger partial charge in [0.1, 0.15) is 0 Å². The molecule has 1 fully saturated rings. The monoisotopic (exact) mass is 193 g/mol. The molecule has 1 aliphatic carbocycles. The number of allylic oxidation sites excluding steroid dienone is 1. The first-order valence-corrected chi connectivity index (χ1v) is 5.26. The molecular formula is C12H19NO. The first-order valence-electron chi connectivity index (χ1n) is 5.26. The van der Waals surface area contributed by atoms with Gasteiger partial charge < -0.3 is 4.90 Å².